The molecule has 0 aliphatic heterocycles. The molecule has 0 aliphatic rings. The molecule has 0 unspecified atom stereocenters. The Morgan fingerprint density at radius 3 is 2.46 bits per heavy atom. The zero-order valence-electron chi connectivity index (χ0n) is 14.1. The summed E-state index contributed by atoms with van der Waals surface area (Å²) in [5, 5.41) is 8.30. The van der Waals surface area contributed by atoms with Crippen molar-refractivity contribution >= 4 is 29.6 Å². The number of nitrogens with zero attached hydrogens (tertiary/aromatic N) is 3. The summed E-state index contributed by atoms with van der Waals surface area (Å²) >= 11 is 6.17. The Hall–Kier alpha value is -3.18. The Kier molecular flexibility index (Phi) is 5.61. The van der Waals surface area contributed by atoms with Gasteiger partial charge in [-0.05, 0) is 30.2 Å². The number of para-hydroxylation sites is 1. The maximum absolute atomic E-state index is 12.4. The van der Waals surface area contributed by atoms with E-state index in [0.717, 1.165) is 11.1 Å². The molecule has 0 saturated carbocycles. The molecule has 6 heteroatoms. The minimum absolute atomic E-state index is 0.0331. The van der Waals surface area contributed by atoms with E-state index in [0.29, 0.717) is 11.4 Å². The first kappa shape index (κ1) is 17.6. The summed E-state index contributed by atoms with van der Waals surface area (Å²) in [4.78, 5) is 12.4. The largest absolute Gasteiger partial charge is 0.292 e. The zero-order chi connectivity index (χ0) is 18.4. The molecule has 0 saturated heterocycles. The van der Waals surface area contributed by atoms with Gasteiger partial charge < -0.3 is 0 Å². The summed E-state index contributed by atoms with van der Waals surface area (Å²) < 4.78 is 1.25. The summed E-state index contributed by atoms with van der Waals surface area (Å²) in [7, 11) is 0. The highest BCUT2D eigenvalue weighted by Gasteiger charge is 2.09. The second kappa shape index (κ2) is 8.27. The average Bonchev–Trinajstić information content (AvgIpc) is 2.67. The van der Waals surface area contributed by atoms with Crippen LogP contribution >= 0.6 is 11.6 Å². The fraction of sp³-hybridized carbons (Fsp3) is 0.0500. The minimum Gasteiger partial charge on any atom is -0.275 e. The summed E-state index contributed by atoms with van der Waals surface area (Å²) in [6.45, 7) is 1.94. The normalized spacial score (nSPS) is 11.7. The van der Waals surface area contributed by atoms with Crippen LogP contribution in [-0.2, 0) is 0 Å². The molecule has 0 fully saturated rings. The lowest BCUT2D eigenvalue weighted by Gasteiger charge is -2.07. The molecule has 0 aliphatic carbocycles. The van der Waals surface area contributed by atoms with Gasteiger partial charge in [0, 0.05) is 0 Å². The van der Waals surface area contributed by atoms with E-state index in [-0.39, 0.29) is 5.02 Å². The van der Waals surface area contributed by atoms with Gasteiger partial charge in [0.15, 0.2) is 0 Å². The smallest absolute Gasteiger partial charge is 0.275 e. The van der Waals surface area contributed by atoms with Crippen LogP contribution in [0.1, 0.15) is 12.5 Å². The van der Waals surface area contributed by atoms with Crippen LogP contribution in [0.5, 0.6) is 0 Å². The molecule has 5 nitrogen and oxygen atoms in total. The van der Waals surface area contributed by atoms with E-state index in [2.05, 4.69) is 15.6 Å². The first-order valence-corrected chi connectivity index (χ1v) is 8.38. The van der Waals surface area contributed by atoms with E-state index in [1.807, 2.05) is 61.5 Å². The third kappa shape index (κ3) is 4.26. The van der Waals surface area contributed by atoms with Gasteiger partial charge in [-0.2, -0.15) is 14.9 Å². The summed E-state index contributed by atoms with van der Waals surface area (Å²) in [6, 6.07) is 19.0. The quantitative estimate of drug-likeness (QED) is 0.539. The molecule has 26 heavy (non-hydrogen) atoms. The SMILES string of the molecule is CC(/C=N/Nc1cnn(-c2ccccc2)c(=O)c1Cl)=C\c1ccccc1. The van der Waals surface area contributed by atoms with Crippen molar-refractivity contribution in [3.63, 3.8) is 0 Å². The van der Waals surface area contributed by atoms with Gasteiger partial charge in [-0.1, -0.05) is 66.2 Å². The van der Waals surface area contributed by atoms with Crippen LogP contribution in [0.15, 0.2) is 82.3 Å². The summed E-state index contributed by atoms with van der Waals surface area (Å²) in [5.41, 5.74) is 5.40. The number of hydrazone groups is 1. The maximum atomic E-state index is 12.4. The molecule has 0 amide bonds. The molecule has 0 atom stereocenters. The number of hydrogen-bond acceptors (Lipinski definition) is 4. The van der Waals surface area contributed by atoms with Gasteiger partial charge >= 0.3 is 0 Å². The van der Waals surface area contributed by atoms with Crippen molar-refractivity contribution in [3.05, 3.63) is 93.4 Å². The summed E-state index contributed by atoms with van der Waals surface area (Å²) in [5.74, 6) is 0. The second-order valence-electron chi connectivity index (χ2n) is 5.59. The van der Waals surface area contributed by atoms with Gasteiger partial charge in [0.05, 0.1) is 18.1 Å². The molecule has 1 N–H and O–H groups in total. The second-order valence-corrected chi connectivity index (χ2v) is 5.97. The molecule has 130 valence electrons. The van der Waals surface area contributed by atoms with Crippen molar-refractivity contribution in [1.29, 1.82) is 0 Å². The van der Waals surface area contributed by atoms with E-state index >= 15 is 0 Å². The van der Waals surface area contributed by atoms with Gasteiger partial charge in [0.2, 0.25) is 0 Å². The van der Waals surface area contributed by atoms with E-state index in [9.17, 15) is 4.79 Å². The van der Waals surface area contributed by atoms with Crippen molar-refractivity contribution < 1.29 is 0 Å². The highest BCUT2D eigenvalue weighted by Crippen LogP contribution is 2.16. The Morgan fingerprint density at radius 1 is 1.12 bits per heavy atom. The van der Waals surface area contributed by atoms with Gasteiger partial charge in [-0.3, -0.25) is 10.2 Å². The van der Waals surface area contributed by atoms with Crippen LogP contribution < -0.4 is 11.0 Å². The Bertz CT molecular complexity index is 995. The number of halogens is 1. The zero-order valence-corrected chi connectivity index (χ0v) is 14.9. The molecule has 1 aromatic heterocycles. The van der Waals surface area contributed by atoms with Crippen LogP contribution in [0.3, 0.4) is 0 Å². The van der Waals surface area contributed by atoms with E-state index in [1.165, 1.54) is 10.9 Å². The Morgan fingerprint density at radius 2 is 1.77 bits per heavy atom. The van der Waals surface area contributed by atoms with Crippen molar-refractivity contribution in [2.75, 3.05) is 5.43 Å². The van der Waals surface area contributed by atoms with Crippen molar-refractivity contribution in [1.82, 2.24) is 9.78 Å². The molecular weight excluding hydrogens is 348 g/mol. The fourth-order valence-corrected chi connectivity index (χ4v) is 2.49. The molecule has 3 rings (SSSR count). The lowest BCUT2D eigenvalue weighted by molar-refractivity contribution is 0.808. The van der Waals surface area contributed by atoms with E-state index in [1.54, 1.807) is 18.3 Å². The predicted octanol–water partition coefficient (Wildman–Crippen LogP) is 4.39. The first-order valence-electron chi connectivity index (χ1n) is 8.01. The van der Waals surface area contributed by atoms with Gasteiger partial charge in [0.25, 0.3) is 5.56 Å². The first-order chi connectivity index (χ1) is 12.6. The molecular formula is C20H17ClN4O. The third-order valence-corrected chi connectivity index (χ3v) is 3.93. The van der Waals surface area contributed by atoms with Crippen LogP contribution in [0.2, 0.25) is 5.02 Å². The molecule has 1 heterocycles. The molecule has 0 bridgehead atoms. The number of nitrogens with one attached hydrogen (secondary N) is 1. The Labute approximate surface area is 156 Å². The van der Waals surface area contributed by atoms with Crippen LogP contribution in [0.25, 0.3) is 11.8 Å². The number of allylic oxidation sites excluding steroid dienone is 1. The van der Waals surface area contributed by atoms with Crippen molar-refractivity contribution in [3.8, 4) is 5.69 Å². The van der Waals surface area contributed by atoms with Crippen LogP contribution in [0, 0.1) is 0 Å². The summed E-state index contributed by atoms with van der Waals surface area (Å²) in [6.07, 6.45) is 5.13. The van der Waals surface area contributed by atoms with Gasteiger partial charge in [-0.25, -0.2) is 0 Å². The van der Waals surface area contributed by atoms with E-state index in [4.69, 9.17) is 11.6 Å². The molecule has 0 radical (unpaired) electrons. The van der Waals surface area contributed by atoms with Crippen molar-refractivity contribution in [2.24, 2.45) is 5.10 Å². The number of rotatable bonds is 5. The number of anilines is 1. The standard InChI is InChI=1S/C20H17ClN4O/c1-15(12-16-8-4-2-5-9-16)13-22-24-18-14-23-25(20(26)19(18)21)17-10-6-3-7-11-17/h2-14,24H,1H3/b15-12+,22-13+. The monoisotopic (exact) mass is 364 g/mol. The van der Waals surface area contributed by atoms with Gasteiger partial charge in [-0.15, -0.1) is 0 Å². The number of aromatic nitrogens is 2. The van der Waals surface area contributed by atoms with Crippen molar-refractivity contribution in [2.45, 2.75) is 6.92 Å². The number of hydrogen-bond donors (Lipinski definition) is 1. The molecule has 3 aromatic rings. The van der Waals surface area contributed by atoms with Gasteiger partial charge in [0.1, 0.15) is 10.7 Å². The fourth-order valence-electron chi connectivity index (χ4n) is 2.32. The molecule has 2 aromatic carbocycles. The highest BCUT2D eigenvalue weighted by molar-refractivity contribution is 6.32. The lowest BCUT2D eigenvalue weighted by Crippen LogP contribution is -2.22. The van der Waals surface area contributed by atoms with Crippen LogP contribution in [0.4, 0.5) is 5.69 Å². The average molecular weight is 365 g/mol. The maximum Gasteiger partial charge on any atom is 0.292 e. The van der Waals surface area contributed by atoms with E-state index < -0.39 is 5.56 Å². The predicted molar refractivity (Wildman–Crippen MR) is 107 cm³/mol. The highest BCUT2D eigenvalue weighted by atomic mass is 35.5. The number of benzene rings is 2. The molecule has 0 spiro atoms. The third-order valence-electron chi connectivity index (χ3n) is 3.57. The lowest BCUT2D eigenvalue weighted by atomic mass is 10.1. The topological polar surface area (TPSA) is 59.3 Å². The minimum atomic E-state index is -0.408. The van der Waals surface area contributed by atoms with Crippen LogP contribution in [-0.4, -0.2) is 16.0 Å². The Balaban J connectivity index is 1.76.